The van der Waals surface area contributed by atoms with Crippen molar-refractivity contribution in [1.82, 2.24) is 0 Å². The molecule has 7 heteroatoms. The largest absolute Gasteiger partial charge is 0.494 e. The standard InChI is InChI=1S/C15H14F3NO3/c1-22-12-9(8-19)2-3-10(11(12)13(20)21)14(16)4-6-15(17,18)7-5-14/h2-3H,4-7H2,1H3,(H,20,21). The van der Waals surface area contributed by atoms with Gasteiger partial charge in [0.25, 0.3) is 0 Å². The highest BCUT2D eigenvalue weighted by atomic mass is 19.3. The summed E-state index contributed by atoms with van der Waals surface area (Å²) in [4.78, 5) is 11.5. The van der Waals surface area contributed by atoms with Crippen LogP contribution < -0.4 is 4.74 Å². The van der Waals surface area contributed by atoms with Crippen LogP contribution in [0.2, 0.25) is 0 Å². The summed E-state index contributed by atoms with van der Waals surface area (Å²) in [5.41, 5.74) is -2.91. The Hall–Kier alpha value is -2.23. The molecule has 4 nitrogen and oxygen atoms in total. The van der Waals surface area contributed by atoms with E-state index >= 15 is 4.39 Å². The predicted molar refractivity (Wildman–Crippen MR) is 70.9 cm³/mol. The molecule has 22 heavy (non-hydrogen) atoms. The second-order valence-corrected chi connectivity index (χ2v) is 5.31. The Morgan fingerprint density at radius 2 is 1.86 bits per heavy atom. The number of aromatic carboxylic acids is 1. The molecular formula is C15H14F3NO3. The Balaban J connectivity index is 2.57. The summed E-state index contributed by atoms with van der Waals surface area (Å²) in [5.74, 6) is -4.64. The number of rotatable bonds is 3. The van der Waals surface area contributed by atoms with Gasteiger partial charge in [-0.15, -0.1) is 0 Å². The normalized spacial score (nSPS) is 19.2. The molecule has 0 radical (unpaired) electrons. The van der Waals surface area contributed by atoms with Crippen molar-refractivity contribution in [2.45, 2.75) is 37.3 Å². The summed E-state index contributed by atoms with van der Waals surface area (Å²) in [6.45, 7) is 0. The number of benzene rings is 1. The van der Waals surface area contributed by atoms with Crippen LogP contribution in [-0.4, -0.2) is 24.1 Å². The van der Waals surface area contributed by atoms with Crippen molar-refractivity contribution in [3.8, 4) is 11.8 Å². The van der Waals surface area contributed by atoms with Crippen molar-refractivity contribution in [1.29, 1.82) is 5.26 Å². The Labute approximate surface area is 125 Å². The molecule has 0 aromatic heterocycles. The topological polar surface area (TPSA) is 70.3 Å². The van der Waals surface area contributed by atoms with Gasteiger partial charge in [0, 0.05) is 18.4 Å². The van der Waals surface area contributed by atoms with Gasteiger partial charge in [0.05, 0.1) is 12.7 Å². The minimum atomic E-state index is -2.93. The highest BCUT2D eigenvalue weighted by molar-refractivity contribution is 5.94. The predicted octanol–water partition coefficient (Wildman–Crippen LogP) is 3.64. The number of hydrogen-bond donors (Lipinski definition) is 1. The second-order valence-electron chi connectivity index (χ2n) is 5.31. The van der Waals surface area contributed by atoms with Gasteiger partial charge in [-0.1, -0.05) is 6.07 Å². The van der Waals surface area contributed by atoms with Crippen molar-refractivity contribution in [2.75, 3.05) is 7.11 Å². The van der Waals surface area contributed by atoms with Gasteiger partial charge in [-0.25, -0.2) is 18.0 Å². The monoisotopic (exact) mass is 313 g/mol. The van der Waals surface area contributed by atoms with E-state index in [1.807, 2.05) is 0 Å². The third-order valence-electron chi connectivity index (χ3n) is 3.95. The molecule has 1 aliphatic rings. The average molecular weight is 313 g/mol. The molecule has 0 unspecified atom stereocenters. The van der Waals surface area contributed by atoms with Crippen LogP contribution >= 0.6 is 0 Å². The molecule has 0 aliphatic heterocycles. The number of methoxy groups -OCH3 is 1. The first-order chi connectivity index (χ1) is 10.2. The zero-order valence-corrected chi connectivity index (χ0v) is 11.8. The van der Waals surface area contributed by atoms with E-state index in [9.17, 15) is 18.7 Å². The van der Waals surface area contributed by atoms with Gasteiger partial charge in [0.2, 0.25) is 5.92 Å². The average Bonchev–Trinajstić information content (AvgIpc) is 2.48. The summed E-state index contributed by atoms with van der Waals surface area (Å²) in [5, 5.41) is 18.3. The molecule has 0 amide bonds. The molecule has 2 rings (SSSR count). The maximum absolute atomic E-state index is 15.1. The SMILES string of the molecule is COc1c(C#N)ccc(C2(F)CCC(F)(F)CC2)c1C(=O)O. The van der Waals surface area contributed by atoms with Crippen LogP contribution in [0.5, 0.6) is 5.75 Å². The number of ether oxygens (including phenoxy) is 1. The Kier molecular flexibility index (Phi) is 4.05. The van der Waals surface area contributed by atoms with E-state index in [1.54, 1.807) is 6.07 Å². The van der Waals surface area contributed by atoms with E-state index in [0.717, 1.165) is 0 Å². The molecule has 0 heterocycles. The van der Waals surface area contributed by atoms with Gasteiger partial charge in [-0.3, -0.25) is 0 Å². The molecule has 118 valence electrons. The molecule has 0 bridgehead atoms. The third kappa shape index (κ3) is 2.73. The smallest absolute Gasteiger partial charge is 0.339 e. The molecule has 0 saturated heterocycles. The lowest BCUT2D eigenvalue weighted by molar-refractivity contribution is -0.0776. The van der Waals surface area contributed by atoms with Crippen molar-refractivity contribution < 1.29 is 27.8 Å². The lowest BCUT2D eigenvalue weighted by Crippen LogP contribution is -2.34. The van der Waals surface area contributed by atoms with Crippen molar-refractivity contribution in [3.63, 3.8) is 0 Å². The molecule has 0 atom stereocenters. The number of nitriles is 1. The van der Waals surface area contributed by atoms with Crippen LogP contribution in [0.1, 0.15) is 47.2 Å². The fourth-order valence-electron chi connectivity index (χ4n) is 2.75. The van der Waals surface area contributed by atoms with Crippen molar-refractivity contribution >= 4 is 5.97 Å². The van der Waals surface area contributed by atoms with Crippen LogP contribution in [0.3, 0.4) is 0 Å². The van der Waals surface area contributed by atoms with Gasteiger partial charge < -0.3 is 9.84 Å². The summed E-state index contributed by atoms with van der Waals surface area (Å²) < 4.78 is 46.5. The molecule has 1 saturated carbocycles. The first-order valence-electron chi connectivity index (χ1n) is 6.66. The highest BCUT2D eigenvalue weighted by Gasteiger charge is 2.46. The second kappa shape index (κ2) is 5.52. The summed E-state index contributed by atoms with van der Waals surface area (Å²) in [7, 11) is 1.17. The van der Waals surface area contributed by atoms with Gasteiger partial charge in [-0.05, 0) is 18.9 Å². The molecule has 0 spiro atoms. The molecule has 1 aliphatic carbocycles. The summed E-state index contributed by atoms with van der Waals surface area (Å²) in [6.07, 6.45) is -2.25. The Morgan fingerprint density at radius 1 is 1.27 bits per heavy atom. The van der Waals surface area contributed by atoms with E-state index in [4.69, 9.17) is 10.00 Å². The number of carbonyl (C=O) groups is 1. The maximum atomic E-state index is 15.1. The number of carboxylic acid groups (broad SMARTS) is 1. The third-order valence-corrected chi connectivity index (χ3v) is 3.95. The molecular weight excluding hydrogens is 299 g/mol. The summed E-state index contributed by atoms with van der Waals surface area (Å²) in [6, 6.07) is 4.19. The van der Waals surface area contributed by atoms with Gasteiger partial charge in [0.15, 0.2) is 5.75 Å². The van der Waals surface area contributed by atoms with Gasteiger partial charge in [-0.2, -0.15) is 5.26 Å². The van der Waals surface area contributed by atoms with Gasteiger partial charge >= 0.3 is 5.97 Å². The van der Waals surface area contributed by atoms with Crippen LogP contribution in [0.25, 0.3) is 0 Å². The lowest BCUT2D eigenvalue weighted by Gasteiger charge is -2.35. The minimum absolute atomic E-state index is 0.0478. The van der Waals surface area contributed by atoms with Crippen LogP contribution in [0.15, 0.2) is 12.1 Å². The number of nitrogens with zero attached hydrogens (tertiary/aromatic N) is 1. The van der Waals surface area contributed by atoms with Crippen LogP contribution in [0, 0.1) is 11.3 Å². The molecule has 1 fully saturated rings. The zero-order chi connectivity index (χ0) is 16.5. The molecule has 1 N–H and O–H groups in total. The summed E-state index contributed by atoms with van der Waals surface area (Å²) >= 11 is 0. The highest BCUT2D eigenvalue weighted by Crippen LogP contribution is 2.48. The Bertz CT molecular complexity index is 642. The quantitative estimate of drug-likeness (QED) is 0.925. The Morgan fingerprint density at radius 3 is 2.32 bits per heavy atom. The molecule has 1 aromatic rings. The van der Waals surface area contributed by atoms with E-state index in [-0.39, 0.29) is 16.9 Å². The number of carboxylic acids is 1. The van der Waals surface area contributed by atoms with E-state index < -0.39 is 48.8 Å². The van der Waals surface area contributed by atoms with Crippen LogP contribution in [0.4, 0.5) is 13.2 Å². The fourth-order valence-corrected chi connectivity index (χ4v) is 2.75. The van der Waals surface area contributed by atoms with E-state index in [0.29, 0.717) is 0 Å². The first kappa shape index (κ1) is 16.1. The zero-order valence-electron chi connectivity index (χ0n) is 11.8. The van der Waals surface area contributed by atoms with Crippen molar-refractivity contribution in [3.05, 3.63) is 28.8 Å². The van der Waals surface area contributed by atoms with Crippen LogP contribution in [-0.2, 0) is 5.67 Å². The number of hydrogen-bond acceptors (Lipinski definition) is 3. The lowest BCUT2D eigenvalue weighted by atomic mass is 9.77. The molecule has 1 aromatic carbocycles. The number of halogens is 3. The van der Waals surface area contributed by atoms with Gasteiger partial charge in [0.1, 0.15) is 17.3 Å². The maximum Gasteiger partial charge on any atom is 0.339 e. The fraction of sp³-hybridized carbons (Fsp3) is 0.467. The minimum Gasteiger partial charge on any atom is -0.494 e. The van der Waals surface area contributed by atoms with Crippen molar-refractivity contribution in [2.24, 2.45) is 0 Å². The van der Waals surface area contributed by atoms with E-state index in [1.165, 1.54) is 19.2 Å². The van der Waals surface area contributed by atoms with E-state index in [2.05, 4.69) is 0 Å². The number of alkyl halides is 3. The first-order valence-corrected chi connectivity index (χ1v) is 6.66.